The van der Waals surface area contributed by atoms with Crippen molar-refractivity contribution in [3.63, 3.8) is 0 Å². The molecular weight excluding hydrogens is 519 g/mol. The third-order valence-corrected chi connectivity index (χ3v) is 7.23. The van der Waals surface area contributed by atoms with Gasteiger partial charge in [-0.25, -0.2) is 0 Å². The predicted octanol–water partition coefficient (Wildman–Crippen LogP) is 6.80. The summed E-state index contributed by atoms with van der Waals surface area (Å²) in [4.78, 5) is 22.6. The van der Waals surface area contributed by atoms with Crippen LogP contribution in [0.2, 0.25) is 0 Å². The normalized spacial score (nSPS) is 15.7. The van der Waals surface area contributed by atoms with Gasteiger partial charge in [-0.3, -0.25) is 9.59 Å². The topological polar surface area (TPSA) is 80.3 Å². The molecule has 0 bridgehead atoms. The molecule has 0 aromatic rings. The molecule has 216 valence electrons. The highest BCUT2D eigenvalue weighted by molar-refractivity contribution is 6.18. The zero-order chi connectivity index (χ0) is 28.1. The Balaban J connectivity index is 4.66. The zero-order valence-corrected chi connectivity index (χ0v) is 25.1. The standard InChI is InChI=1S/C28H48Cl2O7/c1-21(13-15-25(31)33-3)9-7-11-23(19-29)17-27(35-5)37-28(36-6)18-24(20-30)12-8-10-22(2)14-16-26(32)34-4/h9-10,23-24,27-28H,7-8,11-20H2,1-6H3. The van der Waals surface area contributed by atoms with Crippen molar-refractivity contribution >= 4 is 35.1 Å². The minimum Gasteiger partial charge on any atom is -0.469 e. The summed E-state index contributed by atoms with van der Waals surface area (Å²) in [6, 6.07) is 0. The van der Waals surface area contributed by atoms with Crippen molar-refractivity contribution < 1.29 is 33.3 Å². The van der Waals surface area contributed by atoms with Crippen molar-refractivity contribution in [2.75, 3.05) is 40.2 Å². The smallest absolute Gasteiger partial charge is 0.305 e. The van der Waals surface area contributed by atoms with Gasteiger partial charge in [-0.1, -0.05) is 23.3 Å². The number of methoxy groups -OCH3 is 4. The SMILES string of the molecule is COC(=O)CCC(C)=CCCC(CCl)CC(OC)OC(CC(CCl)CCC=C(C)CCC(=O)OC)OC. The second-order valence-electron chi connectivity index (χ2n) is 9.39. The average molecular weight is 568 g/mol. The van der Waals surface area contributed by atoms with E-state index in [0.29, 0.717) is 50.3 Å². The number of hydrogen-bond acceptors (Lipinski definition) is 7. The van der Waals surface area contributed by atoms with Crippen LogP contribution >= 0.6 is 23.2 Å². The Morgan fingerprint density at radius 2 is 1.05 bits per heavy atom. The molecule has 0 saturated carbocycles. The minimum atomic E-state index is -0.436. The molecule has 4 atom stereocenters. The van der Waals surface area contributed by atoms with Crippen molar-refractivity contribution in [2.24, 2.45) is 11.8 Å². The van der Waals surface area contributed by atoms with Gasteiger partial charge < -0.3 is 23.7 Å². The highest BCUT2D eigenvalue weighted by Crippen LogP contribution is 2.24. The number of allylic oxidation sites excluding steroid dienone is 4. The Bertz CT molecular complexity index is 625. The maximum atomic E-state index is 11.3. The summed E-state index contributed by atoms with van der Waals surface area (Å²) < 4.78 is 26.7. The first-order chi connectivity index (χ1) is 17.7. The lowest BCUT2D eigenvalue weighted by Crippen LogP contribution is -2.29. The molecule has 0 radical (unpaired) electrons. The first kappa shape index (κ1) is 35.9. The Morgan fingerprint density at radius 1 is 0.676 bits per heavy atom. The molecule has 0 rings (SSSR count). The summed E-state index contributed by atoms with van der Waals surface area (Å²) in [6.45, 7) is 4.05. The predicted molar refractivity (Wildman–Crippen MR) is 149 cm³/mol. The van der Waals surface area contributed by atoms with Crippen molar-refractivity contribution in [2.45, 2.75) is 90.6 Å². The van der Waals surface area contributed by atoms with E-state index >= 15 is 0 Å². The van der Waals surface area contributed by atoms with Crippen LogP contribution in [-0.4, -0.2) is 64.7 Å². The van der Waals surface area contributed by atoms with Crippen molar-refractivity contribution in [1.82, 2.24) is 0 Å². The molecule has 0 aromatic heterocycles. The first-order valence-corrected chi connectivity index (χ1v) is 14.1. The average Bonchev–Trinajstić information content (AvgIpc) is 2.91. The van der Waals surface area contributed by atoms with E-state index in [1.165, 1.54) is 25.4 Å². The van der Waals surface area contributed by atoms with Gasteiger partial charge >= 0.3 is 11.9 Å². The van der Waals surface area contributed by atoms with Gasteiger partial charge in [0.2, 0.25) is 0 Å². The van der Waals surface area contributed by atoms with E-state index in [4.69, 9.17) is 46.9 Å². The largest absolute Gasteiger partial charge is 0.469 e. The fourth-order valence-electron chi connectivity index (χ4n) is 3.78. The lowest BCUT2D eigenvalue weighted by atomic mass is 9.99. The zero-order valence-electron chi connectivity index (χ0n) is 23.6. The third kappa shape index (κ3) is 18.7. The molecule has 37 heavy (non-hydrogen) atoms. The van der Waals surface area contributed by atoms with Crippen LogP contribution in [0.4, 0.5) is 0 Å². The van der Waals surface area contributed by atoms with E-state index in [9.17, 15) is 9.59 Å². The molecule has 0 spiro atoms. The van der Waals surface area contributed by atoms with E-state index < -0.39 is 12.6 Å². The molecule has 0 fully saturated rings. The quantitative estimate of drug-likeness (QED) is 0.0616. The van der Waals surface area contributed by atoms with Crippen LogP contribution in [0, 0.1) is 11.8 Å². The fraction of sp³-hybridized carbons (Fsp3) is 0.786. The molecule has 4 unspecified atom stereocenters. The lowest BCUT2D eigenvalue weighted by molar-refractivity contribution is -0.238. The number of halogens is 2. The molecular formula is C28H48Cl2O7. The number of hydrogen-bond donors (Lipinski definition) is 0. The van der Waals surface area contributed by atoms with E-state index in [1.807, 2.05) is 13.8 Å². The summed E-state index contributed by atoms with van der Waals surface area (Å²) in [5, 5.41) is 0. The molecule has 0 aliphatic carbocycles. The molecule has 0 aliphatic heterocycles. The van der Waals surface area contributed by atoms with Crippen LogP contribution in [0.3, 0.4) is 0 Å². The van der Waals surface area contributed by atoms with Crippen molar-refractivity contribution in [3.05, 3.63) is 23.3 Å². The Hall–Kier alpha value is -1.12. The van der Waals surface area contributed by atoms with Gasteiger partial charge in [0.15, 0.2) is 12.6 Å². The highest BCUT2D eigenvalue weighted by atomic mass is 35.5. The van der Waals surface area contributed by atoms with E-state index in [0.717, 1.165) is 25.7 Å². The van der Waals surface area contributed by atoms with Gasteiger partial charge in [0.25, 0.3) is 0 Å². The van der Waals surface area contributed by atoms with Gasteiger partial charge in [-0.2, -0.15) is 0 Å². The Morgan fingerprint density at radius 3 is 1.35 bits per heavy atom. The van der Waals surface area contributed by atoms with Crippen LogP contribution in [0.15, 0.2) is 23.3 Å². The monoisotopic (exact) mass is 566 g/mol. The molecule has 0 heterocycles. The molecule has 0 N–H and O–H groups in total. The van der Waals surface area contributed by atoms with Crippen LogP contribution < -0.4 is 0 Å². The summed E-state index contributed by atoms with van der Waals surface area (Å²) in [6.07, 6.45) is 10.5. The van der Waals surface area contributed by atoms with Gasteiger partial charge in [-0.05, 0) is 64.2 Å². The van der Waals surface area contributed by atoms with Crippen molar-refractivity contribution in [3.8, 4) is 0 Å². The van der Waals surface area contributed by atoms with Crippen LogP contribution in [0.25, 0.3) is 0 Å². The molecule has 7 nitrogen and oxygen atoms in total. The molecule has 0 saturated heterocycles. The number of carbonyl (C=O) groups is 2. The summed E-state index contributed by atoms with van der Waals surface area (Å²) in [7, 11) is 6.06. The van der Waals surface area contributed by atoms with Gasteiger partial charge in [0.1, 0.15) is 0 Å². The van der Waals surface area contributed by atoms with Gasteiger partial charge in [-0.15, -0.1) is 23.2 Å². The fourth-order valence-corrected chi connectivity index (χ4v) is 4.34. The molecule has 0 aliphatic rings. The number of ether oxygens (including phenoxy) is 5. The second kappa shape index (κ2) is 22.8. The van der Waals surface area contributed by atoms with E-state index in [2.05, 4.69) is 12.2 Å². The summed E-state index contributed by atoms with van der Waals surface area (Å²) >= 11 is 12.5. The molecule has 0 aromatic carbocycles. The summed E-state index contributed by atoms with van der Waals surface area (Å²) in [5.41, 5.74) is 2.33. The highest BCUT2D eigenvalue weighted by Gasteiger charge is 2.23. The van der Waals surface area contributed by atoms with Gasteiger partial charge in [0, 0.05) is 51.7 Å². The van der Waals surface area contributed by atoms with E-state index in [-0.39, 0.29) is 23.8 Å². The van der Waals surface area contributed by atoms with Crippen LogP contribution in [0.1, 0.15) is 78.1 Å². The maximum absolute atomic E-state index is 11.3. The number of carbonyl (C=O) groups excluding carboxylic acids is 2. The first-order valence-electron chi connectivity index (χ1n) is 13.0. The van der Waals surface area contributed by atoms with Crippen LogP contribution in [-0.2, 0) is 33.3 Å². The minimum absolute atomic E-state index is 0.196. The third-order valence-electron chi connectivity index (χ3n) is 6.36. The van der Waals surface area contributed by atoms with Gasteiger partial charge in [0.05, 0.1) is 14.2 Å². The molecule has 0 amide bonds. The Labute approximate surface area is 234 Å². The summed E-state index contributed by atoms with van der Waals surface area (Å²) in [5.74, 6) is 1.05. The number of rotatable bonds is 22. The number of esters is 2. The maximum Gasteiger partial charge on any atom is 0.305 e. The van der Waals surface area contributed by atoms with E-state index in [1.54, 1.807) is 14.2 Å². The Kier molecular flexibility index (Phi) is 22.1. The second-order valence-corrected chi connectivity index (χ2v) is 10.0. The molecule has 9 heteroatoms. The van der Waals surface area contributed by atoms with Crippen LogP contribution in [0.5, 0.6) is 0 Å². The number of alkyl halides is 2. The lowest BCUT2D eigenvalue weighted by Gasteiger charge is -2.27. The van der Waals surface area contributed by atoms with Crippen molar-refractivity contribution in [1.29, 1.82) is 0 Å².